The molecule has 0 radical (unpaired) electrons. The average molecular weight is 239 g/mol. The molecule has 0 bridgehead atoms. The van der Waals surface area contributed by atoms with E-state index in [4.69, 9.17) is 5.73 Å². The molecule has 1 aliphatic heterocycles. The van der Waals surface area contributed by atoms with E-state index in [0.717, 1.165) is 12.1 Å². The molecule has 3 nitrogen and oxygen atoms in total. The summed E-state index contributed by atoms with van der Waals surface area (Å²) in [6.45, 7) is 6.14. The van der Waals surface area contributed by atoms with Gasteiger partial charge in [0.25, 0.3) is 0 Å². The van der Waals surface area contributed by atoms with Gasteiger partial charge in [-0.25, -0.2) is 0 Å². The van der Waals surface area contributed by atoms with Crippen LogP contribution in [0, 0.1) is 0 Å². The zero-order chi connectivity index (χ0) is 12.1. The topological polar surface area (TPSA) is 41.3 Å². The Bertz CT molecular complexity index is 204. The van der Waals surface area contributed by atoms with Crippen LogP contribution >= 0.6 is 0 Å². The maximum Gasteiger partial charge on any atom is 0.00940 e. The van der Waals surface area contributed by atoms with Gasteiger partial charge in [0.2, 0.25) is 0 Å². The van der Waals surface area contributed by atoms with Crippen LogP contribution in [0.5, 0.6) is 0 Å². The molecule has 2 aliphatic rings. The average Bonchev–Trinajstić information content (AvgIpc) is 2.35. The van der Waals surface area contributed by atoms with Crippen LogP contribution in [0.4, 0.5) is 0 Å². The summed E-state index contributed by atoms with van der Waals surface area (Å²) < 4.78 is 0. The monoisotopic (exact) mass is 239 g/mol. The lowest BCUT2D eigenvalue weighted by atomic mass is 9.90. The zero-order valence-corrected chi connectivity index (χ0v) is 11.3. The highest BCUT2D eigenvalue weighted by molar-refractivity contribution is 4.84. The van der Waals surface area contributed by atoms with Gasteiger partial charge in [-0.15, -0.1) is 0 Å². The van der Waals surface area contributed by atoms with Gasteiger partial charge in [-0.1, -0.05) is 6.92 Å². The molecule has 17 heavy (non-hydrogen) atoms. The maximum absolute atomic E-state index is 5.95. The molecule has 1 heterocycles. The Morgan fingerprint density at radius 2 is 1.59 bits per heavy atom. The minimum Gasteiger partial charge on any atom is -0.328 e. The highest BCUT2D eigenvalue weighted by Crippen LogP contribution is 2.19. The molecule has 0 aromatic carbocycles. The van der Waals surface area contributed by atoms with Crippen LogP contribution in [0.15, 0.2) is 0 Å². The highest BCUT2D eigenvalue weighted by atomic mass is 15.1. The molecule has 100 valence electrons. The fourth-order valence-electron chi connectivity index (χ4n) is 3.26. The summed E-state index contributed by atoms with van der Waals surface area (Å²) in [5.74, 6) is 0. The first-order valence-electron chi connectivity index (χ1n) is 7.52. The van der Waals surface area contributed by atoms with E-state index in [1.54, 1.807) is 0 Å². The van der Waals surface area contributed by atoms with Crippen molar-refractivity contribution in [2.75, 3.05) is 19.6 Å². The number of nitrogens with two attached hydrogens (primary N) is 1. The van der Waals surface area contributed by atoms with Crippen LogP contribution in [0.2, 0.25) is 0 Å². The Kier molecular flexibility index (Phi) is 5.26. The minimum absolute atomic E-state index is 0.472. The summed E-state index contributed by atoms with van der Waals surface area (Å²) in [6, 6.07) is 1.99. The molecule has 0 spiro atoms. The van der Waals surface area contributed by atoms with E-state index < -0.39 is 0 Å². The van der Waals surface area contributed by atoms with Gasteiger partial charge < -0.3 is 16.0 Å². The third kappa shape index (κ3) is 4.23. The number of piperidine rings is 1. The summed E-state index contributed by atoms with van der Waals surface area (Å²) in [7, 11) is 0. The molecule has 1 aliphatic carbocycles. The van der Waals surface area contributed by atoms with E-state index in [9.17, 15) is 0 Å². The van der Waals surface area contributed by atoms with E-state index in [2.05, 4.69) is 17.1 Å². The summed E-state index contributed by atoms with van der Waals surface area (Å²) in [4.78, 5) is 2.61. The fraction of sp³-hybridized carbons (Fsp3) is 1.00. The number of hydrogen-bond acceptors (Lipinski definition) is 3. The summed E-state index contributed by atoms with van der Waals surface area (Å²) in [5.41, 5.74) is 5.95. The zero-order valence-electron chi connectivity index (χ0n) is 11.3. The van der Waals surface area contributed by atoms with Gasteiger partial charge in [-0.2, -0.15) is 0 Å². The summed E-state index contributed by atoms with van der Waals surface area (Å²) in [6.07, 6.45) is 8.97. The second-order valence-electron chi connectivity index (χ2n) is 5.89. The Morgan fingerprint density at radius 3 is 2.18 bits per heavy atom. The van der Waals surface area contributed by atoms with Gasteiger partial charge in [-0.3, -0.25) is 0 Å². The molecule has 0 amide bonds. The molecule has 1 saturated heterocycles. The van der Waals surface area contributed by atoms with Crippen molar-refractivity contribution in [3.05, 3.63) is 0 Å². The Labute approximate surface area is 106 Å². The first kappa shape index (κ1) is 13.3. The van der Waals surface area contributed by atoms with Crippen molar-refractivity contribution in [1.29, 1.82) is 0 Å². The van der Waals surface area contributed by atoms with Crippen molar-refractivity contribution in [3.63, 3.8) is 0 Å². The van der Waals surface area contributed by atoms with E-state index >= 15 is 0 Å². The molecule has 2 rings (SSSR count). The van der Waals surface area contributed by atoms with Gasteiger partial charge in [-0.05, 0) is 64.6 Å². The molecule has 3 heteroatoms. The Hall–Kier alpha value is -0.120. The molecule has 3 N–H and O–H groups in total. The molecule has 2 fully saturated rings. The number of likely N-dealkylation sites (tertiary alicyclic amines) is 1. The van der Waals surface area contributed by atoms with Gasteiger partial charge in [0.05, 0.1) is 0 Å². The fourth-order valence-corrected chi connectivity index (χ4v) is 3.26. The summed E-state index contributed by atoms with van der Waals surface area (Å²) >= 11 is 0. The van der Waals surface area contributed by atoms with Crippen LogP contribution in [-0.4, -0.2) is 42.7 Å². The number of nitrogens with one attached hydrogen (secondary N) is 1. The Morgan fingerprint density at radius 1 is 1.00 bits per heavy atom. The molecular formula is C14H29N3. The number of rotatable bonds is 4. The van der Waals surface area contributed by atoms with Crippen molar-refractivity contribution in [2.24, 2.45) is 5.73 Å². The van der Waals surface area contributed by atoms with Crippen LogP contribution in [0.25, 0.3) is 0 Å². The lowest BCUT2D eigenvalue weighted by Crippen LogP contribution is -2.48. The number of nitrogens with zero attached hydrogens (tertiary/aromatic N) is 1. The van der Waals surface area contributed by atoms with Crippen molar-refractivity contribution in [2.45, 2.75) is 70.0 Å². The summed E-state index contributed by atoms with van der Waals surface area (Å²) in [5, 5.41) is 3.86. The van der Waals surface area contributed by atoms with Gasteiger partial charge in [0.15, 0.2) is 0 Å². The molecule has 0 atom stereocenters. The molecule has 0 aromatic heterocycles. The Balaban J connectivity index is 1.64. The molecule has 0 unspecified atom stereocenters. The molecule has 0 aromatic rings. The smallest absolute Gasteiger partial charge is 0.00940 e. The second-order valence-corrected chi connectivity index (χ2v) is 5.89. The van der Waals surface area contributed by atoms with Gasteiger partial charge >= 0.3 is 0 Å². The molecule has 1 saturated carbocycles. The van der Waals surface area contributed by atoms with Crippen LogP contribution in [0.1, 0.15) is 51.9 Å². The minimum atomic E-state index is 0.472. The first-order valence-corrected chi connectivity index (χ1v) is 7.52. The van der Waals surface area contributed by atoms with Crippen LogP contribution < -0.4 is 11.1 Å². The van der Waals surface area contributed by atoms with E-state index in [1.807, 2.05) is 0 Å². The highest BCUT2D eigenvalue weighted by Gasteiger charge is 2.23. The largest absolute Gasteiger partial charge is 0.328 e. The first-order chi connectivity index (χ1) is 8.28. The third-order valence-corrected chi connectivity index (χ3v) is 4.37. The molecular weight excluding hydrogens is 210 g/mol. The van der Waals surface area contributed by atoms with E-state index in [0.29, 0.717) is 6.04 Å². The van der Waals surface area contributed by atoms with Crippen LogP contribution in [-0.2, 0) is 0 Å². The normalized spacial score (nSPS) is 32.8. The SMILES string of the molecule is CCCN1CCC(NC2CCC(N)CC2)CC1. The lowest BCUT2D eigenvalue weighted by molar-refractivity contribution is 0.183. The van der Waals surface area contributed by atoms with Crippen molar-refractivity contribution in [1.82, 2.24) is 10.2 Å². The quantitative estimate of drug-likeness (QED) is 0.785. The van der Waals surface area contributed by atoms with Crippen molar-refractivity contribution >= 4 is 0 Å². The van der Waals surface area contributed by atoms with Gasteiger partial charge in [0.1, 0.15) is 0 Å². The maximum atomic E-state index is 5.95. The standard InChI is InChI=1S/C14H29N3/c1-2-9-17-10-7-14(8-11-17)16-13-5-3-12(15)4-6-13/h12-14,16H,2-11,15H2,1H3. The van der Waals surface area contributed by atoms with E-state index in [-0.39, 0.29) is 0 Å². The van der Waals surface area contributed by atoms with Crippen molar-refractivity contribution in [3.8, 4) is 0 Å². The van der Waals surface area contributed by atoms with Crippen molar-refractivity contribution < 1.29 is 0 Å². The predicted octanol–water partition coefficient (Wildman–Crippen LogP) is 1.72. The number of hydrogen-bond donors (Lipinski definition) is 2. The van der Waals surface area contributed by atoms with Crippen LogP contribution in [0.3, 0.4) is 0 Å². The van der Waals surface area contributed by atoms with E-state index in [1.165, 1.54) is 64.6 Å². The predicted molar refractivity (Wildman–Crippen MR) is 73.1 cm³/mol. The van der Waals surface area contributed by atoms with Gasteiger partial charge in [0, 0.05) is 18.1 Å². The third-order valence-electron chi connectivity index (χ3n) is 4.37. The second kappa shape index (κ2) is 6.72. The lowest BCUT2D eigenvalue weighted by Gasteiger charge is -2.36.